The zero-order valence-electron chi connectivity index (χ0n) is 32.5. The fraction of sp³-hybridized carbons (Fsp3) is 0.696. The van der Waals surface area contributed by atoms with Gasteiger partial charge in [0, 0.05) is 6.21 Å². The van der Waals surface area contributed by atoms with Gasteiger partial charge in [-0.1, -0.05) is 156 Å². The van der Waals surface area contributed by atoms with Gasteiger partial charge in [-0.3, -0.25) is 9.98 Å². The van der Waals surface area contributed by atoms with Gasteiger partial charge in [0.05, 0.1) is 17.1 Å². The van der Waals surface area contributed by atoms with Crippen molar-refractivity contribution < 1.29 is 0 Å². The van der Waals surface area contributed by atoms with Gasteiger partial charge in [-0.2, -0.15) is 0 Å². The maximum Gasteiger partial charge on any atom is 0.0636 e. The van der Waals surface area contributed by atoms with Crippen LogP contribution in [0.3, 0.4) is 0 Å². The van der Waals surface area contributed by atoms with Gasteiger partial charge in [-0.05, 0) is 111 Å². The van der Waals surface area contributed by atoms with E-state index < -0.39 is 0 Å². The molecule has 0 radical (unpaired) electrons. The molecule has 0 aliphatic heterocycles. The van der Waals surface area contributed by atoms with Crippen LogP contribution in [-0.4, -0.2) is 11.9 Å². The first-order chi connectivity index (χ1) is 23.6. The zero-order chi connectivity index (χ0) is 34.5. The van der Waals surface area contributed by atoms with E-state index in [2.05, 4.69) is 77.2 Å². The molecule has 270 valence electrons. The summed E-state index contributed by atoms with van der Waals surface area (Å²) < 4.78 is 0. The van der Waals surface area contributed by atoms with Gasteiger partial charge in [0.25, 0.3) is 0 Å². The topological polar surface area (TPSA) is 24.7 Å². The Hall–Kier alpha value is -2.22. The summed E-state index contributed by atoms with van der Waals surface area (Å²) in [5, 5.41) is 0. The van der Waals surface area contributed by atoms with Crippen LogP contribution in [0.25, 0.3) is 0 Å². The Morgan fingerprint density at radius 1 is 0.417 bits per heavy atom. The summed E-state index contributed by atoms with van der Waals surface area (Å²) in [5.74, 6) is 0. The van der Waals surface area contributed by atoms with Gasteiger partial charge in [0.15, 0.2) is 0 Å². The number of rotatable bonds is 30. The summed E-state index contributed by atoms with van der Waals surface area (Å²) in [6, 6.07) is 13.9. The van der Waals surface area contributed by atoms with Crippen molar-refractivity contribution in [3.63, 3.8) is 0 Å². The third-order valence-corrected chi connectivity index (χ3v) is 10.0. The highest BCUT2D eigenvalue weighted by molar-refractivity contribution is 6.31. The third-order valence-electron chi connectivity index (χ3n) is 10.0. The van der Waals surface area contributed by atoms with Crippen LogP contribution in [0.4, 0.5) is 11.4 Å². The van der Waals surface area contributed by atoms with Crippen LogP contribution in [0.2, 0.25) is 0 Å². The highest BCUT2D eigenvalue weighted by Gasteiger charge is 2.07. The van der Waals surface area contributed by atoms with Crippen LogP contribution in [0.5, 0.6) is 0 Å². The highest BCUT2D eigenvalue weighted by Crippen LogP contribution is 2.25. The smallest absolute Gasteiger partial charge is 0.0636 e. The summed E-state index contributed by atoms with van der Waals surface area (Å²) in [6.45, 7) is 11.5. The second-order valence-corrected chi connectivity index (χ2v) is 14.5. The van der Waals surface area contributed by atoms with Gasteiger partial charge in [-0.25, -0.2) is 0 Å². The average Bonchev–Trinajstić information content (AvgIpc) is 3.11. The Kier molecular flexibility index (Phi) is 25.0. The van der Waals surface area contributed by atoms with Crippen molar-refractivity contribution in [2.24, 2.45) is 9.98 Å². The molecular weight excluding hydrogens is 581 g/mol. The first-order valence-corrected chi connectivity index (χ1v) is 21.0. The average molecular weight is 657 g/mol. The minimum Gasteiger partial charge on any atom is -0.255 e. The molecule has 0 aliphatic carbocycles. The molecule has 2 aromatic rings. The molecule has 2 rings (SSSR count). The van der Waals surface area contributed by atoms with Crippen molar-refractivity contribution in [1.29, 1.82) is 0 Å². The molecule has 0 fully saturated rings. The number of nitrogens with zero attached hydrogens (tertiary/aromatic N) is 2. The minimum absolute atomic E-state index is 1.00. The van der Waals surface area contributed by atoms with Crippen LogP contribution in [-0.2, 0) is 25.7 Å². The third kappa shape index (κ3) is 19.1. The Morgan fingerprint density at radius 2 is 0.792 bits per heavy atom. The van der Waals surface area contributed by atoms with E-state index >= 15 is 0 Å². The molecule has 48 heavy (non-hydrogen) atoms. The molecule has 2 heteroatoms. The first kappa shape index (κ1) is 41.9. The maximum absolute atomic E-state index is 5.26. The van der Waals surface area contributed by atoms with Gasteiger partial charge < -0.3 is 0 Å². The van der Waals surface area contributed by atoms with E-state index in [4.69, 9.17) is 9.98 Å². The molecule has 0 bridgehead atoms. The molecule has 0 aliphatic rings. The lowest BCUT2D eigenvalue weighted by Crippen LogP contribution is -2.01. The molecule has 0 saturated carbocycles. The summed E-state index contributed by atoms with van der Waals surface area (Å²) in [6.07, 6.45) is 37.1. The summed E-state index contributed by atoms with van der Waals surface area (Å²) in [5.41, 5.74) is 9.34. The summed E-state index contributed by atoms with van der Waals surface area (Å²) in [7, 11) is 0. The van der Waals surface area contributed by atoms with Gasteiger partial charge in [0.1, 0.15) is 0 Å². The van der Waals surface area contributed by atoms with E-state index in [1.165, 1.54) is 176 Å². The lowest BCUT2D eigenvalue weighted by atomic mass is 9.97. The highest BCUT2D eigenvalue weighted by atomic mass is 14.8. The normalized spacial score (nSPS) is 12.1. The molecule has 2 nitrogen and oxygen atoms in total. The number of hydrogen-bond acceptors (Lipinski definition) is 2. The van der Waals surface area contributed by atoms with Crippen molar-refractivity contribution in [3.05, 3.63) is 58.7 Å². The van der Waals surface area contributed by atoms with Crippen molar-refractivity contribution in [3.8, 4) is 0 Å². The van der Waals surface area contributed by atoms with E-state index in [1.54, 1.807) is 0 Å². The fourth-order valence-corrected chi connectivity index (χ4v) is 6.76. The van der Waals surface area contributed by atoms with Crippen LogP contribution in [0, 0.1) is 0 Å². The lowest BCUT2D eigenvalue weighted by molar-refractivity contribution is 0.537. The fourth-order valence-electron chi connectivity index (χ4n) is 6.76. The SMILES string of the molecule is CCCCCCCCCCCCCCCCC(C=Nc1ccc(CCCC)c(CCCC)c1)=Nc1ccc(CCCC)c(CCCC)c1. The predicted octanol–water partition coefficient (Wildman–Crippen LogP) is 15.4. The molecule has 0 heterocycles. The Morgan fingerprint density at radius 3 is 1.25 bits per heavy atom. The Balaban J connectivity index is 2.06. The minimum atomic E-state index is 1.00. The molecule has 0 amide bonds. The molecule has 0 unspecified atom stereocenters. The van der Waals surface area contributed by atoms with E-state index in [9.17, 15) is 0 Å². The number of benzene rings is 2. The molecule has 0 spiro atoms. The second-order valence-electron chi connectivity index (χ2n) is 14.5. The van der Waals surface area contributed by atoms with E-state index in [1.807, 2.05) is 0 Å². The molecular formula is C46H76N2. The van der Waals surface area contributed by atoms with E-state index in [-0.39, 0.29) is 0 Å². The lowest BCUT2D eigenvalue weighted by Gasteiger charge is -2.11. The van der Waals surface area contributed by atoms with Crippen molar-refractivity contribution >= 4 is 23.3 Å². The molecule has 0 atom stereocenters. The van der Waals surface area contributed by atoms with Crippen LogP contribution in [0.1, 0.15) is 205 Å². The number of aryl methyl sites for hydroxylation is 4. The maximum atomic E-state index is 5.26. The Labute approximate surface area is 299 Å². The quantitative estimate of drug-likeness (QED) is 0.0590. The monoisotopic (exact) mass is 657 g/mol. The van der Waals surface area contributed by atoms with Gasteiger partial charge in [-0.15, -0.1) is 0 Å². The van der Waals surface area contributed by atoms with Crippen LogP contribution < -0.4 is 0 Å². The molecule has 2 aromatic carbocycles. The van der Waals surface area contributed by atoms with Gasteiger partial charge >= 0.3 is 0 Å². The Bertz CT molecular complexity index is 1130. The predicted molar refractivity (Wildman–Crippen MR) is 218 cm³/mol. The standard InChI is InChI=1S/C46H76N2/c1-6-11-16-17-18-19-20-21-22-23-24-25-26-27-32-46(48-45-36-34-41(29-13-8-3)43(38-45)31-15-10-5)39-47-44-35-33-40(28-12-7-2)42(37-44)30-14-9-4/h33-39H,6-32H2,1-5H3. The molecule has 0 aromatic heterocycles. The molecule has 0 N–H and O–H groups in total. The largest absolute Gasteiger partial charge is 0.255 e. The zero-order valence-corrected chi connectivity index (χ0v) is 32.5. The number of unbranched alkanes of at least 4 members (excludes halogenated alkanes) is 17. The van der Waals surface area contributed by atoms with E-state index in [0.717, 1.165) is 36.3 Å². The summed E-state index contributed by atoms with van der Waals surface area (Å²) in [4.78, 5) is 10.3. The number of hydrogen-bond donors (Lipinski definition) is 0. The first-order valence-electron chi connectivity index (χ1n) is 21.0. The van der Waals surface area contributed by atoms with Crippen molar-refractivity contribution in [2.45, 2.75) is 208 Å². The summed E-state index contributed by atoms with van der Waals surface area (Å²) >= 11 is 0. The van der Waals surface area contributed by atoms with Crippen LogP contribution >= 0.6 is 0 Å². The van der Waals surface area contributed by atoms with Gasteiger partial charge in [0.2, 0.25) is 0 Å². The second kappa shape index (κ2) is 28.6. The van der Waals surface area contributed by atoms with Crippen molar-refractivity contribution in [2.75, 3.05) is 0 Å². The van der Waals surface area contributed by atoms with E-state index in [0.29, 0.717) is 0 Å². The number of aliphatic imine (C=N–C) groups is 2. The molecule has 0 saturated heterocycles. The van der Waals surface area contributed by atoms with Crippen molar-refractivity contribution in [1.82, 2.24) is 0 Å². The van der Waals surface area contributed by atoms with Crippen LogP contribution in [0.15, 0.2) is 46.4 Å².